The van der Waals surface area contributed by atoms with Crippen LogP contribution in [0.15, 0.2) is 30.5 Å². The standard InChI is InChI=1S/C19H19FN4O3S.C3H8.H2/c1-3-11-8-12(9-13-10-21-19(20)23-17(11)13)15-6-7-16(22-18(15)27-2)24-28(25,26)14-4-5-14;1-3-2;/h6-10,14H,3-5H2,1-2H3,(H,22,24);3H2,1-2H3;1H. The largest absolute Gasteiger partial charge is 0.480 e. The van der Waals surface area contributed by atoms with Gasteiger partial charge in [0.15, 0.2) is 0 Å². The van der Waals surface area contributed by atoms with Crippen LogP contribution in [0.4, 0.5) is 10.2 Å². The number of nitrogens with zero attached hydrogens (tertiary/aromatic N) is 3. The van der Waals surface area contributed by atoms with Crippen molar-refractivity contribution < 1.29 is 19.0 Å². The van der Waals surface area contributed by atoms with Crippen LogP contribution in [0, 0.1) is 6.08 Å². The highest BCUT2D eigenvalue weighted by Gasteiger charge is 2.36. The Labute approximate surface area is 183 Å². The Bertz CT molecular complexity index is 1190. The van der Waals surface area contributed by atoms with Crippen molar-refractivity contribution in [3.8, 4) is 17.0 Å². The molecule has 0 spiro atoms. The van der Waals surface area contributed by atoms with Gasteiger partial charge in [-0.3, -0.25) is 4.72 Å². The second-order valence-corrected chi connectivity index (χ2v) is 9.33. The predicted octanol–water partition coefficient (Wildman–Crippen LogP) is 4.97. The number of nitrogens with one attached hydrogen (secondary N) is 1. The summed E-state index contributed by atoms with van der Waals surface area (Å²) in [5.41, 5.74) is 2.94. The van der Waals surface area contributed by atoms with E-state index in [9.17, 15) is 12.8 Å². The molecule has 0 unspecified atom stereocenters. The summed E-state index contributed by atoms with van der Waals surface area (Å²) in [7, 11) is -1.93. The van der Waals surface area contributed by atoms with Crippen LogP contribution in [0.25, 0.3) is 22.0 Å². The van der Waals surface area contributed by atoms with Crippen LogP contribution in [-0.4, -0.2) is 35.7 Å². The van der Waals surface area contributed by atoms with E-state index in [2.05, 4.69) is 33.5 Å². The highest BCUT2D eigenvalue weighted by molar-refractivity contribution is 7.93. The van der Waals surface area contributed by atoms with E-state index in [1.165, 1.54) is 19.7 Å². The number of aryl methyl sites for hydroxylation is 1. The van der Waals surface area contributed by atoms with E-state index in [4.69, 9.17) is 4.74 Å². The first kappa shape index (κ1) is 22.9. The number of sulfonamides is 1. The van der Waals surface area contributed by atoms with Crippen LogP contribution in [0.2, 0.25) is 0 Å². The van der Waals surface area contributed by atoms with Gasteiger partial charge in [-0.1, -0.05) is 27.2 Å². The molecule has 0 saturated heterocycles. The molecular formula is C22H29FN4O3S. The third kappa shape index (κ3) is 5.28. The number of pyridine rings is 1. The van der Waals surface area contributed by atoms with Crippen molar-refractivity contribution in [2.75, 3.05) is 11.8 Å². The molecule has 2 aromatic heterocycles. The zero-order chi connectivity index (χ0) is 22.6. The summed E-state index contributed by atoms with van der Waals surface area (Å²) in [6.45, 7) is 6.21. The number of methoxy groups -OCH3 is 1. The van der Waals surface area contributed by atoms with Crippen molar-refractivity contribution in [2.45, 2.75) is 51.7 Å². The molecule has 0 aliphatic heterocycles. The minimum absolute atomic E-state index is 0. The lowest BCUT2D eigenvalue weighted by molar-refractivity contribution is 0.400. The lowest BCUT2D eigenvalue weighted by Crippen LogP contribution is -2.18. The van der Waals surface area contributed by atoms with Crippen molar-refractivity contribution >= 4 is 26.7 Å². The number of fused-ring (bicyclic) bond motifs is 1. The fraction of sp³-hybridized carbons (Fsp3) is 0.409. The van der Waals surface area contributed by atoms with Crippen LogP contribution in [0.5, 0.6) is 5.88 Å². The molecule has 4 rings (SSSR count). The first-order chi connectivity index (χ1) is 14.8. The molecule has 2 heterocycles. The molecule has 3 aromatic rings. The molecule has 1 aliphatic carbocycles. The van der Waals surface area contributed by atoms with Gasteiger partial charge < -0.3 is 4.74 Å². The molecule has 31 heavy (non-hydrogen) atoms. The van der Waals surface area contributed by atoms with Crippen LogP contribution in [-0.2, 0) is 16.4 Å². The molecule has 7 nitrogen and oxygen atoms in total. The summed E-state index contributed by atoms with van der Waals surface area (Å²) in [5, 5.41) is 0.365. The zero-order valence-corrected chi connectivity index (χ0v) is 19.0. The molecule has 1 fully saturated rings. The van der Waals surface area contributed by atoms with E-state index in [-0.39, 0.29) is 12.5 Å². The van der Waals surface area contributed by atoms with Gasteiger partial charge in [-0.05, 0) is 54.7 Å². The number of halogens is 1. The normalized spacial score (nSPS) is 13.5. The smallest absolute Gasteiger partial charge is 0.309 e. The average Bonchev–Trinajstić information content (AvgIpc) is 3.59. The van der Waals surface area contributed by atoms with Crippen molar-refractivity contribution in [3.05, 3.63) is 42.1 Å². The van der Waals surface area contributed by atoms with Crippen molar-refractivity contribution in [3.63, 3.8) is 0 Å². The third-order valence-corrected chi connectivity index (χ3v) is 6.53. The van der Waals surface area contributed by atoms with Gasteiger partial charge in [0.1, 0.15) is 5.82 Å². The number of anilines is 1. The van der Waals surface area contributed by atoms with E-state index in [0.29, 0.717) is 41.6 Å². The van der Waals surface area contributed by atoms with Gasteiger partial charge in [-0.15, -0.1) is 0 Å². The summed E-state index contributed by atoms with van der Waals surface area (Å²) >= 11 is 0. The average molecular weight is 449 g/mol. The minimum atomic E-state index is -3.41. The fourth-order valence-electron chi connectivity index (χ4n) is 3.10. The summed E-state index contributed by atoms with van der Waals surface area (Å²) in [4.78, 5) is 11.8. The third-order valence-electron chi connectivity index (χ3n) is 4.69. The zero-order valence-electron chi connectivity index (χ0n) is 18.1. The number of hydrogen-bond donors (Lipinski definition) is 1. The maximum absolute atomic E-state index is 13.4. The topological polar surface area (TPSA) is 94.1 Å². The predicted molar refractivity (Wildman–Crippen MR) is 122 cm³/mol. The first-order valence-electron chi connectivity index (χ1n) is 10.3. The lowest BCUT2D eigenvalue weighted by Gasteiger charge is -2.13. The van der Waals surface area contributed by atoms with Crippen LogP contribution < -0.4 is 9.46 Å². The molecule has 0 atom stereocenters. The van der Waals surface area contributed by atoms with E-state index >= 15 is 0 Å². The summed E-state index contributed by atoms with van der Waals surface area (Å²) in [6.07, 6.45) is 3.93. The first-order valence-corrected chi connectivity index (χ1v) is 11.9. The summed E-state index contributed by atoms with van der Waals surface area (Å²) < 4.78 is 45.6. The van der Waals surface area contributed by atoms with Crippen molar-refractivity contribution in [1.29, 1.82) is 0 Å². The van der Waals surface area contributed by atoms with Gasteiger partial charge in [0.05, 0.1) is 17.9 Å². The highest BCUT2D eigenvalue weighted by Crippen LogP contribution is 2.34. The molecule has 9 heteroatoms. The maximum atomic E-state index is 13.4. The summed E-state index contributed by atoms with van der Waals surface area (Å²) in [5.74, 6) is 0.509. The number of aromatic nitrogens is 3. The van der Waals surface area contributed by atoms with Gasteiger partial charge in [0.2, 0.25) is 15.9 Å². The molecule has 0 radical (unpaired) electrons. The minimum Gasteiger partial charge on any atom is -0.480 e. The van der Waals surface area contributed by atoms with E-state index in [1.807, 2.05) is 19.1 Å². The highest BCUT2D eigenvalue weighted by atomic mass is 32.2. The molecule has 1 aromatic carbocycles. The van der Waals surface area contributed by atoms with Crippen molar-refractivity contribution in [2.24, 2.45) is 0 Å². The number of ether oxygens (including phenoxy) is 1. The molecule has 0 bridgehead atoms. The Balaban J connectivity index is 0.000000860. The van der Waals surface area contributed by atoms with E-state index < -0.39 is 16.1 Å². The molecule has 0 amide bonds. The quantitative estimate of drug-likeness (QED) is 0.535. The molecule has 1 aliphatic rings. The lowest BCUT2D eigenvalue weighted by atomic mass is 9.99. The Hall–Kier alpha value is -2.81. The van der Waals surface area contributed by atoms with Gasteiger partial charge in [-0.25, -0.2) is 18.4 Å². The van der Waals surface area contributed by atoms with Crippen LogP contribution in [0.1, 0.15) is 47.0 Å². The number of rotatable bonds is 6. The Morgan fingerprint density at radius 2 is 1.90 bits per heavy atom. The molecule has 168 valence electrons. The summed E-state index contributed by atoms with van der Waals surface area (Å²) in [6, 6.07) is 7.10. The maximum Gasteiger partial charge on any atom is 0.309 e. The molecule has 1 N–H and O–H groups in total. The van der Waals surface area contributed by atoms with Crippen LogP contribution in [0.3, 0.4) is 0 Å². The van der Waals surface area contributed by atoms with Gasteiger partial charge in [0.25, 0.3) is 0 Å². The van der Waals surface area contributed by atoms with Gasteiger partial charge in [0, 0.05) is 18.6 Å². The van der Waals surface area contributed by atoms with Gasteiger partial charge >= 0.3 is 6.08 Å². The van der Waals surface area contributed by atoms with E-state index in [1.54, 1.807) is 12.1 Å². The number of benzene rings is 1. The monoisotopic (exact) mass is 448 g/mol. The van der Waals surface area contributed by atoms with Crippen LogP contribution >= 0.6 is 0 Å². The Morgan fingerprint density at radius 3 is 2.52 bits per heavy atom. The molecular weight excluding hydrogens is 419 g/mol. The van der Waals surface area contributed by atoms with Crippen molar-refractivity contribution in [1.82, 2.24) is 15.0 Å². The second kappa shape index (κ2) is 9.55. The number of hydrogen-bond acceptors (Lipinski definition) is 6. The van der Waals surface area contributed by atoms with E-state index in [0.717, 1.165) is 11.1 Å². The molecule has 1 saturated carbocycles. The second-order valence-electron chi connectivity index (χ2n) is 7.37. The van der Waals surface area contributed by atoms with Gasteiger partial charge in [-0.2, -0.15) is 9.37 Å². The Morgan fingerprint density at radius 1 is 1.19 bits per heavy atom. The Kier molecular flexibility index (Phi) is 7.04. The SMILES string of the molecule is CCC.CCc1cc(-c2ccc(NS(=O)(=O)C3CC3)nc2OC)cc2cnc(F)nc12.[HH]. The fourth-order valence-corrected chi connectivity index (χ4v) is 4.43.